The SMILES string of the molecule is CCC(=O)NCCNC(=O)c1ccc(NC(=O)c2ccc(F)cc2F)cc1. The summed E-state index contributed by atoms with van der Waals surface area (Å²) in [6.07, 6.45) is 0.378. The summed E-state index contributed by atoms with van der Waals surface area (Å²) in [6, 6.07) is 8.66. The average Bonchev–Trinajstić information content (AvgIpc) is 2.65. The zero-order valence-corrected chi connectivity index (χ0v) is 14.6. The molecule has 8 heteroatoms. The molecule has 0 aliphatic carbocycles. The molecule has 0 aromatic heterocycles. The first-order valence-corrected chi connectivity index (χ1v) is 8.32. The van der Waals surface area contributed by atoms with E-state index in [1.54, 1.807) is 6.92 Å². The minimum Gasteiger partial charge on any atom is -0.354 e. The van der Waals surface area contributed by atoms with Gasteiger partial charge in [-0.3, -0.25) is 14.4 Å². The smallest absolute Gasteiger partial charge is 0.258 e. The number of anilines is 1. The van der Waals surface area contributed by atoms with Crippen molar-refractivity contribution < 1.29 is 23.2 Å². The van der Waals surface area contributed by atoms with Crippen LogP contribution in [0.2, 0.25) is 0 Å². The zero-order valence-electron chi connectivity index (χ0n) is 14.6. The maximum absolute atomic E-state index is 13.6. The molecule has 0 bridgehead atoms. The molecule has 6 nitrogen and oxygen atoms in total. The fourth-order valence-electron chi connectivity index (χ4n) is 2.18. The van der Waals surface area contributed by atoms with E-state index in [0.29, 0.717) is 30.3 Å². The lowest BCUT2D eigenvalue weighted by molar-refractivity contribution is -0.120. The molecule has 0 saturated heterocycles. The second kappa shape index (κ2) is 9.42. The quantitative estimate of drug-likeness (QED) is 0.650. The van der Waals surface area contributed by atoms with Gasteiger partial charge in [-0.15, -0.1) is 0 Å². The van der Waals surface area contributed by atoms with Crippen molar-refractivity contribution in [3.63, 3.8) is 0 Å². The fourth-order valence-corrected chi connectivity index (χ4v) is 2.18. The Kier molecular flexibility index (Phi) is 6.99. The third kappa shape index (κ3) is 5.88. The summed E-state index contributed by atoms with van der Waals surface area (Å²) in [5.74, 6) is -2.88. The van der Waals surface area contributed by atoms with Gasteiger partial charge in [-0.05, 0) is 36.4 Å². The summed E-state index contributed by atoms with van der Waals surface area (Å²) in [7, 11) is 0. The summed E-state index contributed by atoms with van der Waals surface area (Å²) >= 11 is 0. The van der Waals surface area contributed by atoms with Crippen molar-refractivity contribution in [2.75, 3.05) is 18.4 Å². The number of halogens is 2. The van der Waals surface area contributed by atoms with Gasteiger partial charge in [-0.2, -0.15) is 0 Å². The van der Waals surface area contributed by atoms with Gasteiger partial charge in [0.25, 0.3) is 11.8 Å². The van der Waals surface area contributed by atoms with E-state index < -0.39 is 17.5 Å². The van der Waals surface area contributed by atoms with Crippen LogP contribution in [0.1, 0.15) is 34.1 Å². The molecule has 2 rings (SSSR count). The van der Waals surface area contributed by atoms with Crippen LogP contribution in [0.3, 0.4) is 0 Å². The Morgan fingerprint density at radius 2 is 1.56 bits per heavy atom. The molecule has 0 saturated carbocycles. The number of benzene rings is 2. The molecule has 27 heavy (non-hydrogen) atoms. The minimum absolute atomic E-state index is 0.0954. The molecule has 0 radical (unpaired) electrons. The van der Waals surface area contributed by atoms with E-state index in [9.17, 15) is 23.2 Å². The van der Waals surface area contributed by atoms with Gasteiger partial charge in [0.05, 0.1) is 5.56 Å². The van der Waals surface area contributed by atoms with E-state index in [0.717, 1.165) is 12.1 Å². The molecular weight excluding hydrogens is 356 g/mol. The molecule has 0 aliphatic heterocycles. The maximum atomic E-state index is 13.6. The third-order valence-corrected chi connectivity index (χ3v) is 3.63. The van der Waals surface area contributed by atoms with Crippen LogP contribution in [0.4, 0.5) is 14.5 Å². The van der Waals surface area contributed by atoms with Crippen LogP contribution in [-0.4, -0.2) is 30.8 Å². The number of hydrogen-bond acceptors (Lipinski definition) is 3. The molecule has 0 heterocycles. The van der Waals surface area contributed by atoms with Crippen molar-refractivity contribution in [2.24, 2.45) is 0 Å². The van der Waals surface area contributed by atoms with Crippen LogP contribution >= 0.6 is 0 Å². The standard InChI is InChI=1S/C19H19F2N3O3/c1-2-17(25)22-9-10-23-18(26)12-3-6-14(7-4-12)24-19(27)15-8-5-13(20)11-16(15)21/h3-8,11H,2,9-10H2,1H3,(H,22,25)(H,23,26)(H,24,27). The van der Waals surface area contributed by atoms with E-state index in [4.69, 9.17) is 0 Å². The summed E-state index contributed by atoms with van der Waals surface area (Å²) in [5.41, 5.74) is 0.436. The highest BCUT2D eigenvalue weighted by Crippen LogP contribution is 2.14. The Morgan fingerprint density at radius 3 is 2.19 bits per heavy atom. The third-order valence-electron chi connectivity index (χ3n) is 3.63. The molecule has 3 N–H and O–H groups in total. The molecule has 0 spiro atoms. The summed E-state index contributed by atoms with van der Waals surface area (Å²) in [4.78, 5) is 35.1. The number of amides is 3. The van der Waals surface area contributed by atoms with E-state index in [2.05, 4.69) is 16.0 Å². The van der Waals surface area contributed by atoms with Crippen LogP contribution in [0.5, 0.6) is 0 Å². The lowest BCUT2D eigenvalue weighted by Crippen LogP contribution is -2.34. The lowest BCUT2D eigenvalue weighted by Gasteiger charge is -2.08. The molecule has 0 fully saturated rings. The van der Waals surface area contributed by atoms with E-state index in [-0.39, 0.29) is 23.9 Å². The highest BCUT2D eigenvalue weighted by molar-refractivity contribution is 6.04. The van der Waals surface area contributed by atoms with Gasteiger partial charge in [-0.1, -0.05) is 6.92 Å². The molecule has 0 aliphatic rings. The second-order valence-electron chi connectivity index (χ2n) is 5.62. The van der Waals surface area contributed by atoms with E-state index in [1.807, 2.05) is 0 Å². The summed E-state index contributed by atoms with van der Waals surface area (Å²) < 4.78 is 26.5. The van der Waals surface area contributed by atoms with Crippen LogP contribution in [0, 0.1) is 11.6 Å². The largest absolute Gasteiger partial charge is 0.354 e. The predicted molar refractivity (Wildman–Crippen MR) is 96.4 cm³/mol. The van der Waals surface area contributed by atoms with Crippen LogP contribution in [0.25, 0.3) is 0 Å². The van der Waals surface area contributed by atoms with Gasteiger partial charge in [0.2, 0.25) is 5.91 Å². The molecule has 3 amide bonds. The van der Waals surface area contributed by atoms with Gasteiger partial charge in [-0.25, -0.2) is 8.78 Å². The van der Waals surface area contributed by atoms with Crippen molar-refractivity contribution >= 4 is 23.4 Å². The monoisotopic (exact) mass is 375 g/mol. The number of nitrogens with one attached hydrogen (secondary N) is 3. The topological polar surface area (TPSA) is 87.3 Å². The highest BCUT2D eigenvalue weighted by Gasteiger charge is 2.13. The molecule has 0 unspecified atom stereocenters. The van der Waals surface area contributed by atoms with Crippen molar-refractivity contribution in [2.45, 2.75) is 13.3 Å². The summed E-state index contributed by atoms with van der Waals surface area (Å²) in [5, 5.41) is 7.76. The highest BCUT2D eigenvalue weighted by atomic mass is 19.1. The van der Waals surface area contributed by atoms with Gasteiger partial charge in [0.1, 0.15) is 11.6 Å². The number of hydrogen-bond donors (Lipinski definition) is 3. The van der Waals surface area contributed by atoms with Crippen molar-refractivity contribution in [1.82, 2.24) is 10.6 Å². The molecule has 2 aromatic carbocycles. The molecule has 142 valence electrons. The van der Waals surface area contributed by atoms with Crippen molar-refractivity contribution in [3.8, 4) is 0 Å². The molecule has 2 aromatic rings. The lowest BCUT2D eigenvalue weighted by atomic mass is 10.1. The first kappa shape index (κ1) is 20.0. The predicted octanol–water partition coefficient (Wildman–Crippen LogP) is 2.47. The number of rotatable bonds is 7. The van der Waals surface area contributed by atoms with Crippen molar-refractivity contribution in [3.05, 3.63) is 65.2 Å². The van der Waals surface area contributed by atoms with Crippen LogP contribution < -0.4 is 16.0 Å². The average molecular weight is 375 g/mol. The Morgan fingerprint density at radius 1 is 0.889 bits per heavy atom. The van der Waals surface area contributed by atoms with Crippen LogP contribution in [-0.2, 0) is 4.79 Å². The minimum atomic E-state index is -0.960. The Bertz CT molecular complexity index is 839. The summed E-state index contributed by atoms with van der Waals surface area (Å²) in [6.45, 7) is 2.35. The van der Waals surface area contributed by atoms with E-state index >= 15 is 0 Å². The van der Waals surface area contributed by atoms with Gasteiger partial charge in [0.15, 0.2) is 0 Å². The normalized spacial score (nSPS) is 10.2. The molecular formula is C19H19F2N3O3. The second-order valence-corrected chi connectivity index (χ2v) is 5.62. The number of carbonyl (C=O) groups excluding carboxylic acids is 3. The van der Waals surface area contributed by atoms with Crippen LogP contribution in [0.15, 0.2) is 42.5 Å². The first-order chi connectivity index (χ1) is 12.9. The van der Waals surface area contributed by atoms with Gasteiger partial charge in [0, 0.05) is 36.8 Å². The number of carbonyl (C=O) groups is 3. The zero-order chi connectivity index (χ0) is 19.8. The first-order valence-electron chi connectivity index (χ1n) is 8.32. The maximum Gasteiger partial charge on any atom is 0.258 e. The van der Waals surface area contributed by atoms with Gasteiger partial charge < -0.3 is 16.0 Å². The fraction of sp³-hybridized carbons (Fsp3) is 0.211. The van der Waals surface area contributed by atoms with Gasteiger partial charge >= 0.3 is 0 Å². The Balaban J connectivity index is 1.89. The Hall–Kier alpha value is -3.29. The van der Waals surface area contributed by atoms with Crippen molar-refractivity contribution in [1.29, 1.82) is 0 Å². The molecule has 0 atom stereocenters. The van der Waals surface area contributed by atoms with E-state index in [1.165, 1.54) is 24.3 Å². The Labute approximate surface area is 155 Å².